The van der Waals surface area contributed by atoms with Crippen molar-refractivity contribution in [3.8, 4) is 0 Å². The number of rotatable bonds is 6. The maximum Gasteiger partial charge on any atom is 0.331 e. The molecular weight excluding hydrogens is 372 g/mol. The van der Waals surface area contributed by atoms with Gasteiger partial charge in [0.15, 0.2) is 0 Å². The number of amides is 2. The fourth-order valence-electron chi connectivity index (χ4n) is 4.32. The van der Waals surface area contributed by atoms with E-state index in [1.54, 1.807) is 22.8 Å². The van der Waals surface area contributed by atoms with Crippen molar-refractivity contribution in [3.63, 3.8) is 0 Å². The predicted molar refractivity (Wildman–Crippen MR) is 109 cm³/mol. The number of aromatic nitrogens is 2. The predicted octanol–water partition coefficient (Wildman–Crippen LogP) is 0.977. The molecule has 0 saturated heterocycles. The maximum atomic E-state index is 13.0. The molecule has 2 aromatic rings. The van der Waals surface area contributed by atoms with Gasteiger partial charge >= 0.3 is 5.69 Å². The van der Waals surface area contributed by atoms with Crippen LogP contribution in [0.4, 0.5) is 0 Å². The van der Waals surface area contributed by atoms with Crippen molar-refractivity contribution >= 4 is 22.7 Å². The molecule has 0 radical (unpaired) electrons. The SMILES string of the molecule is CCn1c(=O)n(CC2CC2)c(=O)c2cc(C(=O)N[C@H]3CCC[C@H]3C(N)=O)ccc21. The first-order valence-electron chi connectivity index (χ1n) is 10.3. The van der Waals surface area contributed by atoms with Gasteiger partial charge in [-0.1, -0.05) is 6.42 Å². The summed E-state index contributed by atoms with van der Waals surface area (Å²) in [5, 5.41) is 3.25. The van der Waals surface area contributed by atoms with Crippen molar-refractivity contribution in [2.24, 2.45) is 17.6 Å². The molecule has 2 aliphatic carbocycles. The standard InChI is InChI=1S/C21H26N4O4/c1-2-24-17-9-8-13(19(27)23-16-5-3-4-14(16)18(22)26)10-15(17)20(28)25(21(24)29)11-12-6-7-12/h8-10,12,14,16H,2-7,11H2,1H3,(H2,22,26)(H,23,27)/t14-,16+/m1/s1. The second-order valence-electron chi connectivity index (χ2n) is 8.14. The van der Waals surface area contributed by atoms with E-state index in [4.69, 9.17) is 5.73 Å². The number of nitrogens with one attached hydrogen (secondary N) is 1. The summed E-state index contributed by atoms with van der Waals surface area (Å²) in [5.74, 6) is -0.725. The van der Waals surface area contributed by atoms with Crippen molar-refractivity contribution in [2.75, 3.05) is 0 Å². The van der Waals surface area contributed by atoms with Crippen LogP contribution in [0.5, 0.6) is 0 Å². The molecule has 0 aliphatic heterocycles. The van der Waals surface area contributed by atoms with Gasteiger partial charge in [-0.05, 0) is 56.7 Å². The van der Waals surface area contributed by atoms with Crippen LogP contribution in [0.15, 0.2) is 27.8 Å². The minimum absolute atomic E-state index is 0.285. The van der Waals surface area contributed by atoms with Crippen molar-refractivity contribution in [2.45, 2.75) is 58.2 Å². The van der Waals surface area contributed by atoms with E-state index in [1.807, 2.05) is 6.92 Å². The van der Waals surface area contributed by atoms with Crippen LogP contribution in [0.25, 0.3) is 10.9 Å². The van der Waals surface area contributed by atoms with Crippen molar-refractivity contribution in [1.82, 2.24) is 14.5 Å². The van der Waals surface area contributed by atoms with Gasteiger partial charge in [-0.15, -0.1) is 0 Å². The highest BCUT2D eigenvalue weighted by atomic mass is 16.2. The summed E-state index contributed by atoms with van der Waals surface area (Å²) in [5.41, 5.74) is 5.65. The number of fused-ring (bicyclic) bond motifs is 1. The third-order valence-corrected chi connectivity index (χ3v) is 6.14. The van der Waals surface area contributed by atoms with Crippen molar-refractivity contribution < 1.29 is 9.59 Å². The van der Waals surface area contributed by atoms with Crippen molar-refractivity contribution in [1.29, 1.82) is 0 Å². The summed E-state index contributed by atoms with van der Waals surface area (Å²) < 4.78 is 2.87. The van der Waals surface area contributed by atoms with Crippen LogP contribution in [0, 0.1) is 11.8 Å². The minimum atomic E-state index is -0.402. The Kier molecular flexibility index (Phi) is 5.02. The van der Waals surface area contributed by atoms with E-state index in [-0.39, 0.29) is 29.1 Å². The average Bonchev–Trinajstić information content (AvgIpc) is 3.40. The number of aryl methyl sites for hydroxylation is 1. The van der Waals surface area contributed by atoms with Crippen LogP contribution in [-0.4, -0.2) is 27.0 Å². The topological polar surface area (TPSA) is 116 Å². The van der Waals surface area contributed by atoms with Gasteiger partial charge in [-0.25, -0.2) is 4.79 Å². The molecule has 154 valence electrons. The highest BCUT2D eigenvalue weighted by Crippen LogP contribution is 2.30. The van der Waals surface area contributed by atoms with E-state index in [9.17, 15) is 19.2 Å². The third-order valence-electron chi connectivity index (χ3n) is 6.14. The Morgan fingerprint density at radius 3 is 2.55 bits per heavy atom. The molecule has 2 aliphatic rings. The number of carbonyl (C=O) groups is 2. The summed E-state index contributed by atoms with van der Waals surface area (Å²) in [4.78, 5) is 50.1. The Hall–Kier alpha value is -2.90. The molecule has 29 heavy (non-hydrogen) atoms. The normalized spacial score (nSPS) is 21.4. The van der Waals surface area contributed by atoms with E-state index >= 15 is 0 Å². The van der Waals surface area contributed by atoms with Gasteiger partial charge < -0.3 is 11.1 Å². The van der Waals surface area contributed by atoms with Crippen LogP contribution in [0.2, 0.25) is 0 Å². The number of carbonyl (C=O) groups excluding carboxylic acids is 2. The Bertz CT molecular complexity index is 1100. The zero-order valence-corrected chi connectivity index (χ0v) is 16.5. The van der Waals surface area contributed by atoms with Gasteiger partial charge in [0.25, 0.3) is 11.5 Å². The number of hydrogen-bond donors (Lipinski definition) is 2. The first kappa shape index (κ1) is 19.4. The second kappa shape index (κ2) is 7.50. The Balaban J connectivity index is 1.71. The summed E-state index contributed by atoms with van der Waals surface area (Å²) in [6.07, 6.45) is 4.27. The lowest BCUT2D eigenvalue weighted by Gasteiger charge is -2.18. The smallest absolute Gasteiger partial charge is 0.331 e. The fraction of sp³-hybridized carbons (Fsp3) is 0.524. The summed E-state index contributed by atoms with van der Waals surface area (Å²) in [6.45, 7) is 2.72. The fourth-order valence-corrected chi connectivity index (χ4v) is 4.32. The molecule has 3 N–H and O–H groups in total. The van der Waals surface area contributed by atoms with Gasteiger partial charge in [0.05, 0.1) is 16.8 Å². The molecule has 1 aromatic heterocycles. The second-order valence-corrected chi connectivity index (χ2v) is 8.14. The Labute approximate surface area is 167 Å². The average molecular weight is 398 g/mol. The van der Waals surface area contributed by atoms with Crippen LogP contribution in [-0.2, 0) is 17.9 Å². The first-order valence-corrected chi connectivity index (χ1v) is 10.3. The quantitative estimate of drug-likeness (QED) is 0.754. The van der Waals surface area contributed by atoms with Gasteiger partial charge in [-0.3, -0.25) is 23.5 Å². The van der Waals surface area contributed by atoms with Gasteiger partial charge in [0, 0.05) is 24.7 Å². The summed E-state index contributed by atoms with van der Waals surface area (Å²) in [6, 6.07) is 4.53. The first-order chi connectivity index (χ1) is 13.9. The largest absolute Gasteiger partial charge is 0.369 e. The number of primary amides is 1. The molecule has 0 bridgehead atoms. The molecule has 1 aromatic carbocycles. The molecule has 2 saturated carbocycles. The van der Waals surface area contributed by atoms with E-state index in [1.165, 1.54) is 4.57 Å². The number of nitrogens with two attached hydrogens (primary N) is 1. The van der Waals surface area contributed by atoms with Gasteiger partial charge in [0.1, 0.15) is 0 Å². The molecule has 8 nitrogen and oxygen atoms in total. The van der Waals surface area contributed by atoms with Crippen LogP contribution < -0.4 is 22.3 Å². The zero-order valence-electron chi connectivity index (χ0n) is 16.5. The molecule has 4 rings (SSSR count). The molecule has 2 fully saturated rings. The van der Waals surface area contributed by atoms with E-state index in [0.29, 0.717) is 48.3 Å². The van der Waals surface area contributed by atoms with Crippen molar-refractivity contribution in [3.05, 3.63) is 44.6 Å². The number of hydrogen-bond acceptors (Lipinski definition) is 4. The lowest BCUT2D eigenvalue weighted by molar-refractivity contribution is -0.122. The number of benzene rings is 1. The highest BCUT2D eigenvalue weighted by molar-refractivity contribution is 5.98. The van der Waals surface area contributed by atoms with Gasteiger partial charge in [-0.2, -0.15) is 0 Å². The highest BCUT2D eigenvalue weighted by Gasteiger charge is 2.33. The minimum Gasteiger partial charge on any atom is -0.369 e. The number of nitrogens with zero attached hydrogens (tertiary/aromatic N) is 2. The Morgan fingerprint density at radius 2 is 1.90 bits per heavy atom. The third kappa shape index (κ3) is 3.59. The summed E-state index contributed by atoms with van der Waals surface area (Å²) in [7, 11) is 0. The van der Waals surface area contributed by atoms with Crippen LogP contribution in [0.3, 0.4) is 0 Å². The molecule has 1 heterocycles. The van der Waals surface area contributed by atoms with E-state index < -0.39 is 5.91 Å². The maximum absolute atomic E-state index is 13.0. The zero-order chi connectivity index (χ0) is 20.7. The van der Waals surface area contributed by atoms with Crippen LogP contribution >= 0.6 is 0 Å². The molecule has 2 amide bonds. The van der Waals surface area contributed by atoms with E-state index in [2.05, 4.69) is 5.32 Å². The lowest BCUT2D eigenvalue weighted by Crippen LogP contribution is -2.42. The van der Waals surface area contributed by atoms with E-state index in [0.717, 1.165) is 19.3 Å². The molecule has 0 unspecified atom stereocenters. The molecule has 0 spiro atoms. The van der Waals surface area contributed by atoms with Gasteiger partial charge in [0.2, 0.25) is 5.91 Å². The summed E-state index contributed by atoms with van der Waals surface area (Å²) >= 11 is 0. The molecule has 8 heteroatoms. The Morgan fingerprint density at radius 1 is 1.14 bits per heavy atom. The molecular formula is C21H26N4O4. The lowest BCUT2D eigenvalue weighted by atomic mass is 10.0. The molecule has 2 atom stereocenters. The van der Waals surface area contributed by atoms with Crippen LogP contribution in [0.1, 0.15) is 49.4 Å². The monoisotopic (exact) mass is 398 g/mol.